The van der Waals surface area contributed by atoms with Gasteiger partial charge in [0.15, 0.2) is 0 Å². The Labute approximate surface area is 140 Å². The molecule has 4 rings (SSSR count). The number of carbonyl (C=O) groups is 1. The molecule has 3 aliphatic rings. The van der Waals surface area contributed by atoms with Crippen molar-refractivity contribution in [3.05, 3.63) is 33.8 Å². The van der Waals surface area contributed by atoms with Crippen molar-refractivity contribution in [3.8, 4) is 0 Å². The molecule has 1 saturated heterocycles. The van der Waals surface area contributed by atoms with Crippen LogP contribution in [0.1, 0.15) is 30.7 Å². The number of hydrogen-bond acceptors (Lipinski definition) is 2. The zero-order chi connectivity index (χ0) is 15.4. The number of fused-ring (bicyclic) bond motifs is 1. The highest BCUT2D eigenvalue weighted by Gasteiger charge is 2.50. The van der Waals surface area contributed by atoms with Crippen LogP contribution < -0.4 is 5.73 Å². The summed E-state index contributed by atoms with van der Waals surface area (Å²) in [5.74, 6) is 1.77. The lowest BCUT2D eigenvalue weighted by Gasteiger charge is -2.19. The number of rotatable bonds is 2. The van der Waals surface area contributed by atoms with Gasteiger partial charge in [0, 0.05) is 35.1 Å². The first-order valence-corrected chi connectivity index (χ1v) is 8.79. The van der Waals surface area contributed by atoms with Crippen molar-refractivity contribution in [2.24, 2.45) is 23.5 Å². The number of hydrogen-bond donors (Lipinski definition) is 1. The summed E-state index contributed by atoms with van der Waals surface area (Å²) in [6.07, 6.45) is 3.19. The summed E-state index contributed by atoms with van der Waals surface area (Å²) in [6, 6.07) is 5.85. The maximum atomic E-state index is 12.7. The number of nitrogens with zero attached hydrogens (tertiary/aromatic N) is 1. The number of amides is 1. The van der Waals surface area contributed by atoms with Gasteiger partial charge >= 0.3 is 0 Å². The summed E-state index contributed by atoms with van der Waals surface area (Å²) < 4.78 is 0. The monoisotopic (exact) mass is 338 g/mol. The van der Waals surface area contributed by atoms with E-state index in [0.717, 1.165) is 31.5 Å². The van der Waals surface area contributed by atoms with Gasteiger partial charge in [-0.1, -0.05) is 29.3 Å². The van der Waals surface area contributed by atoms with Crippen LogP contribution in [0.2, 0.25) is 10.0 Å². The first-order chi connectivity index (χ1) is 10.5. The molecule has 0 spiro atoms. The van der Waals surface area contributed by atoms with Gasteiger partial charge in [0.05, 0.1) is 0 Å². The van der Waals surface area contributed by atoms with Crippen molar-refractivity contribution in [2.45, 2.75) is 31.2 Å². The fourth-order valence-electron chi connectivity index (χ4n) is 4.34. The van der Waals surface area contributed by atoms with Crippen LogP contribution in [0.5, 0.6) is 0 Å². The Bertz CT molecular complexity index is 621. The third kappa shape index (κ3) is 2.44. The van der Waals surface area contributed by atoms with Gasteiger partial charge in [0.2, 0.25) is 5.91 Å². The van der Waals surface area contributed by atoms with E-state index in [0.29, 0.717) is 21.9 Å². The molecule has 2 N–H and O–H groups in total. The molecule has 1 aromatic carbocycles. The van der Waals surface area contributed by atoms with Crippen molar-refractivity contribution in [3.63, 3.8) is 0 Å². The van der Waals surface area contributed by atoms with E-state index in [1.807, 2.05) is 17.0 Å². The second-order valence-electron chi connectivity index (χ2n) is 7.02. The molecule has 1 heterocycles. The predicted octanol–water partition coefficient (Wildman–Crippen LogP) is 3.29. The second kappa shape index (κ2) is 5.40. The normalized spacial score (nSPS) is 36.5. The van der Waals surface area contributed by atoms with Gasteiger partial charge in [-0.2, -0.15) is 0 Å². The summed E-state index contributed by atoms with van der Waals surface area (Å²) in [6.45, 7) is 1.75. The first kappa shape index (κ1) is 14.8. The Morgan fingerprint density at radius 2 is 2.05 bits per heavy atom. The van der Waals surface area contributed by atoms with Crippen LogP contribution >= 0.6 is 23.2 Å². The maximum Gasteiger partial charge on any atom is 0.226 e. The summed E-state index contributed by atoms with van der Waals surface area (Å²) in [7, 11) is 0. The lowest BCUT2D eigenvalue weighted by Crippen LogP contribution is -2.34. The van der Waals surface area contributed by atoms with E-state index in [4.69, 9.17) is 28.9 Å². The molecule has 2 saturated carbocycles. The fraction of sp³-hybridized carbons (Fsp3) is 0.588. The summed E-state index contributed by atoms with van der Waals surface area (Å²) in [4.78, 5) is 14.8. The Morgan fingerprint density at radius 3 is 2.77 bits per heavy atom. The highest BCUT2D eigenvalue weighted by molar-refractivity contribution is 6.35. The van der Waals surface area contributed by atoms with Crippen molar-refractivity contribution in [2.75, 3.05) is 13.1 Å². The van der Waals surface area contributed by atoms with Crippen LogP contribution in [0.15, 0.2) is 18.2 Å². The standard InChI is InChI=1S/C17H20Cl2N2O/c18-10-2-3-11(15(19)5-10)12-6-13(12)17(22)21-7-9-1-4-16(20)14(9)8-21/h2-3,5,9,12-14,16H,1,4,6-8,20H2. The van der Waals surface area contributed by atoms with Crippen molar-refractivity contribution < 1.29 is 4.79 Å². The van der Waals surface area contributed by atoms with E-state index in [2.05, 4.69) is 0 Å². The minimum Gasteiger partial charge on any atom is -0.342 e. The largest absolute Gasteiger partial charge is 0.342 e. The average molecular weight is 339 g/mol. The Balaban J connectivity index is 1.43. The van der Waals surface area contributed by atoms with Crippen LogP contribution in [0.25, 0.3) is 0 Å². The summed E-state index contributed by atoms with van der Waals surface area (Å²) in [5, 5.41) is 1.31. The highest BCUT2D eigenvalue weighted by atomic mass is 35.5. The third-order valence-electron chi connectivity index (χ3n) is 5.69. The Morgan fingerprint density at radius 1 is 1.23 bits per heavy atom. The highest BCUT2D eigenvalue weighted by Crippen LogP contribution is 2.51. The molecular weight excluding hydrogens is 319 g/mol. The van der Waals surface area contributed by atoms with Crippen LogP contribution in [0.4, 0.5) is 0 Å². The number of benzene rings is 1. The molecule has 1 aromatic rings. The topological polar surface area (TPSA) is 46.3 Å². The molecule has 3 fully saturated rings. The zero-order valence-electron chi connectivity index (χ0n) is 12.3. The molecule has 3 nitrogen and oxygen atoms in total. The van der Waals surface area contributed by atoms with Crippen LogP contribution in [-0.4, -0.2) is 29.9 Å². The van der Waals surface area contributed by atoms with Crippen molar-refractivity contribution >= 4 is 29.1 Å². The molecule has 0 bridgehead atoms. The van der Waals surface area contributed by atoms with Crippen molar-refractivity contribution in [1.82, 2.24) is 4.90 Å². The SMILES string of the molecule is NC1CCC2CN(C(=O)C3CC3c3ccc(Cl)cc3Cl)CC12. The molecule has 1 amide bonds. The lowest BCUT2D eigenvalue weighted by molar-refractivity contribution is -0.131. The molecule has 5 heteroatoms. The number of likely N-dealkylation sites (tertiary alicyclic amines) is 1. The van der Waals surface area contributed by atoms with E-state index in [9.17, 15) is 4.79 Å². The molecule has 0 aromatic heterocycles. The first-order valence-electron chi connectivity index (χ1n) is 8.04. The molecule has 1 aliphatic heterocycles. The number of halogens is 2. The van der Waals surface area contributed by atoms with Crippen molar-refractivity contribution in [1.29, 1.82) is 0 Å². The molecule has 5 atom stereocenters. The third-order valence-corrected chi connectivity index (χ3v) is 6.26. The smallest absolute Gasteiger partial charge is 0.226 e. The Kier molecular flexibility index (Phi) is 3.63. The number of nitrogens with two attached hydrogens (primary N) is 1. The van der Waals surface area contributed by atoms with Gasteiger partial charge in [-0.05, 0) is 54.7 Å². The van der Waals surface area contributed by atoms with E-state index in [-0.39, 0.29) is 23.8 Å². The summed E-state index contributed by atoms with van der Waals surface area (Å²) in [5.41, 5.74) is 7.21. The molecular formula is C17H20Cl2N2O. The molecule has 5 unspecified atom stereocenters. The van der Waals surface area contributed by atoms with E-state index < -0.39 is 0 Å². The summed E-state index contributed by atoms with van der Waals surface area (Å²) >= 11 is 12.2. The van der Waals surface area contributed by atoms with E-state index >= 15 is 0 Å². The van der Waals surface area contributed by atoms with Crippen LogP contribution in [0, 0.1) is 17.8 Å². The molecule has 0 radical (unpaired) electrons. The number of carbonyl (C=O) groups excluding carboxylic acids is 1. The lowest BCUT2D eigenvalue weighted by atomic mass is 9.98. The quantitative estimate of drug-likeness (QED) is 0.899. The van der Waals surface area contributed by atoms with Crippen LogP contribution in [-0.2, 0) is 4.79 Å². The van der Waals surface area contributed by atoms with Gasteiger partial charge in [-0.3, -0.25) is 4.79 Å². The van der Waals surface area contributed by atoms with Gasteiger partial charge in [0.1, 0.15) is 0 Å². The molecule has 2 aliphatic carbocycles. The Hall–Kier alpha value is -0.770. The minimum absolute atomic E-state index is 0.0914. The molecule has 22 heavy (non-hydrogen) atoms. The zero-order valence-corrected chi connectivity index (χ0v) is 13.9. The molecule has 118 valence electrons. The van der Waals surface area contributed by atoms with Gasteiger partial charge in [0.25, 0.3) is 0 Å². The average Bonchev–Trinajstić information content (AvgIpc) is 3.01. The predicted molar refractivity (Wildman–Crippen MR) is 88.1 cm³/mol. The van der Waals surface area contributed by atoms with E-state index in [1.165, 1.54) is 6.42 Å². The minimum atomic E-state index is 0.0914. The van der Waals surface area contributed by atoms with Gasteiger partial charge < -0.3 is 10.6 Å². The van der Waals surface area contributed by atoms with Crippen LogP contribution in [0.3, 0.4) is 0 Å². The fourth-order valence-corrected chi connectivity index (χ4v) is 4.88. The maximum absolute atomic E-state index is 12.7. The second-order valence-corrected chi connectivity index (χ2v) is 7.87. The van der Waals surface area contributed by atoms with Gasteiger partial charge in [-0.15, -0.1) is 0 Å². The van der Waals surface area contributed by atoms with Gasteiger partial charge in [-0.25, -0.2) is 0 Å². The van der Waals surface area contributed by atoms with E-state index in [1.54, 1.807) is 6.07 Å².